The molecule has 0 aromatic heterocycles. The molecule has 2 N–H and O–H groups in total. The van der Waals surface area contributed by atoms with Crippen molar-refractivity contribution < 1.29 is 33.4 Å². The first-order chi connectivity index (χ1) is 21.3. The van der Waals surface area contributed by atoms with Crippen LogP contribution in [0.3, 0.4) is 0 Å². The third-order valence-electron chi connectivity index (χ3n) is 8.22. The van der Waals surface area contributed by atoms with Crippen molar-refractivity contribution in [2.45, 2.75) is 63.6 Å². The number of esters is 1. The molecule has 4 rings (SSSR count). The summed E-state index contributed by atoms with van der Waals surface area (Å²) in [5, 5.41) is 5.57. The van der Waals surface area contributed by atoms with Gasteiger partial charge in [0, 0.05) is 44.2 Å². The highest BCUT2D eigenvalue weighted by Gasteiger charge is 2.30. The van der Waals surface area contributed by atoms with Crippen LogP contribution in [0.1, 0.15) is 60.9 Å². The normalized spacial score (nSPS) is 17.7. The van der Waals surface area contributed by atoms with E-state index in [2.05, 4.69) is 10.6 Å². The summed E-state index contributed by atoms with van der Waals surface area (Å²) in [5.41, 5.74) is 1.32. The number of nitrogens with one attached hydrogen (secondary N) is 2. The van der Waals surface area contributed by atoms with Crippen LogP contribution in [0.2, 0.25) is 0 Å². The van der Waals surface area contributed by atoms with Gasteiger partial charge in [0.05, 0.1) is 13.5 Å². The monoisotopic (exact) mass is 606 g/mol. The quantitative estimate of drug-likeness (QED) is 0.375. The van der Waals surface area contributed by atoms with Gasteiger partial charge in [-0.25, -0.2) is 4.79 Å². The summed E-state index contributed by atoms with van der Waals surface area (Å²) < 4.78 is 10.2. The van der Waals surface area contributed by atoms with Crippen molar-refractivity contribution in [1.29, 1.82) is 0 Å². The molecular weight excluding hydrogens is 564 g/mol. The Bertz CT molecular complexity index is 1270. The standard InChI is InChI=1S/C33H42N4O7/c1-43-30(39)21-28(35-31(40)26-11-6-3-7-12-26)32(41)34-27-13-8-18-37(22-27)29(38)15-14-24-16-19-36(20-17-24)33(42)44-23-25-9-4-2-5-10-25/h2-7,9-12,24,27-28H,8,13-23H2,1H3,(H,34,41)(H,35,40)/t27?,28-/m0/s1. The van der Waals surface area contributed by atoms with Crippen LogP contribution < -0.4 is 10.6 Å². The van der Waals surface area contributed by atoms with Crippen LogP contribution in [-0.4, -0.2) is 85.0 Å². The number of benzene rings is 2. The Morgan fingerprint density at radius 3 is 2.25 bits per heavy atom. The zero-order chi connectivity index (χ0) is 31.3. The molecule has 0 radical (unpaired) electrons. The minimum atomic E-state index is -1.11. The molecular formula is C33H42N4O7. The van der Waals surface area contributed by atoms with Gasteiger partial charge >= 0.3 is 12.1 Å². The maximum absolute atomic E-state index is 13.2. The summed E-state index contributed by atoms with van der Waals surface area (Å²) in [4.78, 5) is 66.9. The van der Waals surface area contributed by atoms with Crippen molar-refractivity contribution in [1.82, 2.24) is 20.4 Å². The maximum Gasteiger partial charge on any atom is 0.410 e. The van der Waals surface area contributed by atoms with Crippen molar-refractivity contribution in [3.8, 4) is 0 Å². The lowest BCUT2D eigenvalue weighted by Crippen LogP contribution is -2.55. The van der Waals surface area contributed by atoms with E-state index in [1.165, 1.54) is 7.11 Å². The molecule has 11 nitrogen and oxygen atoms in total. The van der Waals surface area contributed by atoms with Gasteiger partial charge in [-0.3, -0.25) is 19.2 Å². The number of amides is 4. The molecule has 11 heteroatoms. The highest BCUT2D eigenvalue weighted by atomic mass is 16.6. The molecule has 2 aliphatic heterocycles. The van der Waals surface area contributed by atoms with E-state index in [1.54, 1.807) is 40.1 Å². The summed E-state index contributed by atoms with van der Waals surface area (Å²) in [6.45, 7) is 2.45. The van der Waals surface area contributed by atoms with Crippen molar-refractivity contribution in [3.63, 3.8) is 0 Å². The number of carbonyl (C=O) groups excluding carboxylic acids is 5. The molecule has 44 heavy (non-hydrogen) atoms. The zero-order valence-corrected chi connectivity index (χ0v) is 25.2. The molecule has 2 heterocycles. The Labute approximate surface area is 258 Å². The maximum atomic E-state index is 13.2. The lowest BCUT2D eigenvalue weighted by Gasteiger charge is -2.35. The van der Waals surface area contributed by atoms with Gasteiger partial charge in [-0.15, -0.1) is 0 Å². The van der Waals surface area contributed by atoms with Crippen molar-refractivity contribution in [3.05, 3.63) is 71.8 Å². The Kier molecular flexibility index (Phi) is 12.1. The van der Waals surface area contributed by atoms with E-state index < -0.39 is 23.8 Å². The fourth-order valence-corrected chi connectivity index (χ4v) is 5.61. The van der Waals surface area contributed by atoms with Crippen LogP contribution in [0.4, 0.5) is 4.79 Å². The lowest BCUT2D eigenvalue weighted by atomic mass is 9.92. The number of rotatable bonds is 11. The Hall–Kier alpha value is -4.41. The molecule has 236 valence electrons. The van der Waals surface area contributed by atoms with Gasteiger partial charge in [-0.05, 0) is 55.7 Å². The topological polar surface area (TPSA) is 134 Å². The van der Waals surface area contributed by atoms with Crippen molar-refractivity contribution in [2.75, 3.05) is 33.3 Å². The van der Waals surface area contributed by atoms with Gasteiger partial charge in [-0.2, -0.15) is 0 Å². The second kappa shape index (κ2) is 16.4. The molecule has 0 saturated carbocycles. The van der Waals surface area contributed by atoms with Gasteiger partial charge in [0.2, 0.25) is 11.8 Å². The molecule has 0 aliphatic carbocycles. The first-order valence-electron chi connectivity index (χ1n) is 15.3. The molecule has 2 saturated heterocycles. The van der Waals surface area contributed by atoms with E-state index in [0.29, 0.717) is 50.5 Å². The van der Waals surface area contributed by atoms with Gasteiger partial charge in [0.25, 0.3) is 5.91 Å². The molecule has 2 aromatic rings. The predicted octanol–water partition coefficient (Wildman–Crippen LogP) is 3.28. The molecule has 0 bridgehead atoms. The fourth-order valence-electron chi connectivity index (χ4n) is 5.61. The first-order valence-corrected chi connectivity index (χ1v) is 15.3. The highest BCUT2D eigenvalue weighted by molar-refractivity contribution is 5.98. The second-order valence-electron chi connectivity index (χ2n) is 11.4. The van der Waals surface area contributed by atoms with Gasteiger partial charge < -0.3 is 29.9 Å². The Morgan fingerprint density at radius 1 is 0.886 bits per heavy atom. The predicted molar refractivity (Wildman–Crippen MR) is 162 cm³/mol. The average Bonchev–Trinajstić information content (AvgIpc) is 3.06. The highest BCUT2D eigenvalue weighted by Crippen LogP contribution is 2.24. The number of methoxy groups -OCH3 is 1. The van der Waals surface area contributed by atoms with Crippen LogP contribution in [0.5, 0.6) is 0 Å². The van der Waals surface area contributed by atoms with Crippen LogP contribution in [-0.2, 0) is 30.5 Å². The van der Waals surface area contributed by atoms with Gasteiger partial charge in [0.1, 0.15) is 12.6 Å². The third-order valence-corrected chi connectivity index (χ3v) is 8.22. The van der Waals surface area contributed by atoms with E-state index >= 15 is 0 Å². The number of hydrogen-bond donors (Lipinski definition) is 2. The minimum Gasteiger partial charge on any atom is -0.469 e. The molecule has 4 amide bonds. The van der Waals surface area contributed by atoms with Gasteiger partial charge in [-0.1, -0.05) is 48.5 Å². The van der Waals surface area contributed by atoms with E-state index in [1.807, 2.05) is 30.3 Å². The van der Waals surface area contributed by atoms with E-state index in [4.69, 9.17) is 9.47 Å². The van der Waals surface area contributed by atoms with Gasteiger partial charge in [0.15, 0.2) is 0 Å². The van der Waals surface area contributed by atoms with Crippen LogP contribution in [0.25, 0.3) is 0 Å². The summed E-state index contributed by atoms with van der Waals surface area (Å²) in [7, 11) is 1.23. The average molecular weight is 607 g/mol. The van der Waals surface area contributed by atoms with Crippen LogP contribution in [0, 0.1) is 5.92 Å². The summed E-state index contributed by atoms with van der Waals surface area (Å²) in [5.74, 6) is -1.19. The van der Waals surface area contributed by atoms with E-state index in [0.717, 1.165) is 31.2 Å². The molecule has 2 fully saturated rings. The molecule has 2 aromatic carbocycles. The minimum absolute atomic E-state index is 0.0390. The van der Waals surface area contributed by atoms with Crippen molar-refractivity contribution >= 4 is 29.8 Å². The Balaban J connectivity index is 1.20. The molecule has 1 unspecified atom stereocenters. The number of ether oxygens (including phenoxy) is 2. The Morgan fingerprint density at radius 2 is 1.57 bits per heavy atom. The molecule has 0 spiro atoms. The SMILES string of the molecule is COC(=O)C[C@H](NC(=O)c1ccccc1)C(=O)NC1CCCN(C(=O)CCC2CCN(C(=O)OCc3ccccc3)CC2)C1. The lowest BCUT2D eigenvalue weighted by molar-refractivity contribution is -0.143. The molecule has 2 atom stereocenters. The van der Waals surface area contributed by atoms with Crippen LogP contribution in [0.15, 0.2) is 60.7 Å². The van der Waals surface area contributed by atoms with E-state index in [-0.39, 0.29) is 31.1 Å². The summed E-state index contributed by atoms with van der Waals surface area (Å²) >= 11 is 0. The van der Waals surface area contributed by atoms with Crippen molar-refractivity contribution in [2.24, 2.45) is 5.92 Å². The fraction of sp³-hybridized carbons (Fsp3) is 0.485. The number of piperidine rings is 2. The largest absolute Gasteiger partial charge is 0.469 e. The van der Waals surface area contributed by atoms with Crippen LogP contribution >= 0.6 is 0 Å². The number of likely N-dealkylation sites (tertiary alicyclic amines) is 2. The number of hydrogen-bond acceptors (Lipinski definition) is 7. The number of carbonyl (C=O) groups is 5. The summed E-state index contributed by atoms with van der Waals surface area (Å²) in [6.07, 6.45) is 3.60. The smallest absolute Gasteiger partial charge is 0.410 e. The van der Waals surface area contributed by atoms with E-state index in [9.17, 15) is 24.0 Å². The first kappa shape index (κ1) is 32.5. The zero-order valence-electron chi connectivity index (χ0n) is 25.2. The summed E-state index contributed by atoms with van der Waals surface area (Å²) in [6, 6.07) is 16.6. The third kappa shape index (κ3) is 9.82. The second-order valence-corrected chi connectivity index (χ2v) is 11.4. The molecule has 2 aliphatic rings. The number of nitrogens with zero attached hydrogens (tertiary/aromatic N) is 2.